The highest BCUT2D eigenvalue weighted by Crippen LogP contribution is 2.62. The number of nitrogens with zero attached hydrogens (tertiary/aromatic N) is 2. The van der Waals surface area contributed by atoms with E-state index in [4.69, 9.17) is 0 Å². The van der Waals surface area contributed by atoms with Crippen molar-refractivity contribution in [2.45, 2.75) is 32.6 Å². The first kappa shape index (κ1) is 10.7. The SMILES string of the molecule is CC1(C)C2Cc3cc(-c4nccs4)ncc3C1C2. The lowest BCUT2D eigenvalue weighted by Gasteiger charge is -2.57. The second-order valence-corrected chi connectivity index (χ2v) is 7.01. The van der Waals surface area contributed by atoms with Gasteiger partial charge in [0.15, 0.2) is 0 Å². The van der Waals surface area contributed by atoms with E-state index in [9.17, 15) is 0 Å². The van der Waals surface area contributed by atoms with Gasteiger partial charge in [0.25, 0.3) is 0 Å². The highest BCUT2D eigenvalue weighted by molar-refractivity contribution is 7.13. The van der Waals surface area contributed by atoms with Crippen LogP contribution in [-0.2, 0) is 6.42 Å². The van der Waals surface area contributed by atoms with E-state index < -0.39 is 0 Å². The van der Waals surface area contributed by atoms with Gasteiger partial charge in [-0.1, -0.05) is 13.8 Å². The molecule has 3 aliphatic carbocycles. The summed E-state index contributed by atoms with van der Waals surface area (Å²) in [6.07, 6.45) is 6.54. The van der Waals surface area contributed by atoms with Gasteiger partial charge in [0, 0.05) is 17.8 Å². The fourth-order valence-corrected chi connectivity index (χ4v) is 4.23. The van der Waals surface area contributed by atoms with Crippen molar-refractivity contribution in [2.75, 3.05) is 0 Å². The summed E-state index contributed by atoms with van der Waals surface area (Å²) in [5.41, 5.74) is 4.53. The van der Waals surface area contributed by atoms with Crippen LogP contribution >= 0.6 is 11.3 Å². The minimum Gasteiger partial charge on any atom is -0.253 e. The van der Waals surface area contributed by atoms with Crippen LogP contribution in [0.15, 0.2) is 23.8 Å². The van der Waals surface area contributed by atoms with Crippen molar-refractivity contribution in [3.63, 3.8) is 0 Å². The maximum absolute atomic E-state index is 4.62. The zero-order valence-electron chi connectivity index (χ0n) is 10.7. The Morgan fingerprint density at radius 1 is 1.33 bits per heavy atom. The molecule has 2 nitrogen and oxygen atoms in total. The van der Waals surface area contributed by atoms with Crippen molar-refractivity contribution in [3.05, 3.63) is 35.0 Å². The summed E-state index contributed by atoms with van der Waals surface area (Å²) in [4.78, 5) is 8.97. The van der Waals surface area contributed by atoms with Crippen molar-refractivity contribution in [2.24, 2.45) is 11.3 Å². The van der Waals surface area contributed by atoms with Crippen LogP contribution in [-0.4, -0.2) is 9.97 Å². The molecule has 1 fully saturated rings. The fraction of sp³-hybridized carbons (Fsp3) is 0.467. The van der Waals surface area contributed by atoms with Gasteiger partial charge in [-0.2, -0.15) is 0 Å². The first-order valence-electron chi connectivity index (χ1n) is 6.55. The van der Waals surface area contributed by atoms with Gasteiger partial charge >= 0.3 is 0 Å². The monoisotopic (exact) mass is 256 g/mol. The molecule has 3 aliphatic rings. The zero-order valence-corrected chi connectivity index (χ0v) is 11.5. The first-order chi connectivity index (χ1) is 8.66. The van der Waals surface area contributed by atoms with Crippen LogP contribution in [0.25, 0.3) is 10.7 Å². The molecule has 2 atom stereocenters. The Labute approximate surface area is 111 Å². The van der Waals surface area contributed by atoms with E-state index in [1.807, 2.05) is 11.6 Å². The quantitative estimate of drug-likeness (QED) is 0.773. The van der Waals surface area contributed by atoms with Crippen LogP contribution in [0.2, 0.25) is 0 Å². The Balaban J connectivity index is 1.79. The predicted molar refractivity (Wildman–Crippen MR) is 73.7 cm³/mol. The fourth-order valence-electron chi connectivity index (χ4n) is 3.62. The number of aromatic nitrogens is 2. The molecule has 1 saturated carbocycles. The van der Waals surface area contributed by atoms with Gasteiger partial charge in [0.2, 0.25) is 0 Å². The molecule has 0 radical (unpaired) electrons. The Morgan fingerprint density at radius 3 is 2.94 bits per heavy atom. The molecule has 92 valence electrons. The van der Waals surface area contributed by atoms with Gasteiger partial charge in [-0.15, -0.1) is 11.3 Å². The van der Waals surface area contributed by atoms with Crippen molar-refractivity contribution in [1.29, 1.82) is 0 Å². The highest BCUT2D eigenvalue weighted by atomic mass is 32.1. The molecule has 0 spiro atoms. The first-order valence-corrected chi connectivity index (χ1v) is 7.43. The minimum atomic E-state index is 0.484. The molecule has 2 aromatic rings. The molecule has 0 N–H and O–H groups in total. The van der Waals surface area contributed by atoms with Gasteiger partial charge in [0.05, 0.1) is 5.69 Å². The molecule has 2 heterocycles. The van der Waals surface area contributed by atoms with Crippen molar-refractivity contribution in [3.8, 4) is 10.7 Å². The summed E-state index contributed by atoms with van der Waals surface area (Å²) >= 11 is 1.66. The molecule has 3 heteroatoms. The molecule has 18 heavy (non-hydrogen) atoms. The van der Waals surface area contributed by atoms with Crippen LogP contribution in [0, 0.1) is 11.3 Å². The smallest absolute Gasteiger partial charge is 0.141 e. The van der Waals surface area contributed by atoms with Crippen molar-refractivity contribution < 1.29 is 0 Å². The van der Waals surface area contributed by atoms with Crippen molar-refractivity contribution >= 4 is 11.3 Å². The average Bonchev–Trinajstić information content (AvgIpc) is 2.91. The maximum atomic E-state index is 4.62. The largest absolute Gasteiger partial charge is 0.253 e. The lowest BCUT2D eigenvalue weighted by molar-refractivity contribution is 0.0183. The number of rotatable bonds is 1. The van der Waals surface area contributed by atoms with E-state index in [0.29, 0.717) is 5.41 Å². The van der Waals surface area contributed by atoms with E-state index in [0.717, 1.165) is 22.5 Å². The Bertz CT molecular complexity index is 601. The Morgan fingerprint density at radius 2 is 2.22 bits per heavy atom. The molecule has 2 bridgehead atoms. The Hall–Kier alpha value is -1.22. The molecular weight excluding hydrogens is 240 g/mol. The normalized spacial score (nSPS) is 27.4. The molecular formula is C15H16N2S. The van der Waals surface area contributed by atoms with Gasteiger partial charge in [-0.05, 0) is 47.3 Å². The molecule has 0 aromatic carbocycles. The lowest BCUT2D eigenvalue weighted by atomic mass is 9.48. The summed E-state index contributed by atoms with van der Waals surface area (Å²) < 4.78 is 0. The van der Waals surface area contributed by atoms with Crippen LogP contribution in [0.3, 0.4) is 0 Å². The van der Waals surface area contributed by atoms with Gasteiger partial charge < -0.3 is 0 Å². The van der Waals surface area contributed by atoms with E-state index >= 15 is 0 Å². The number of thiazole rings is 1. The summed E-state index contributed by atoms with van der Waals surface area (Å²) in [6.45, 7) is 4.81. The van der Waals surface area contributed by atoms with E-state index in [1.54, 1.807) is 11.3 Å². The van der Waals surface area contributed by atoms with Gasteiger partial charge in [0.1, 0.15) is 5.01 Å². The molecule has 0 saturated heterocycles. The Kier molecular flexibility index (Phi) is 2.03. The number of hydrogen-bond acceptors (Lipinski definition) is 3. The maximum Gasteiger partial charge on any atom is 0.141 e. The summed E-state index contributed by atoms with van der Waals surface area (Å²) in [7, 11) is 0. The molecule has 5 rings (SSSR count). The van der Waals surface area contributed by atoms with Crippen LogP contribution in [0.5, 0.6) is 0 Å². The van der Waals surface area contributed by atoms with E-state index in [1.165, 1.54) is 24.0 Å². The molecule has 2 aromatic heterocycles. The summed E-state index contributed by atoms with van der Waals surface area (Å²) in [5.74, 6) is 1.59. The summed E-state index contributed by atoms with van der Waals surface area (Å²) in [5, 5.41) is 3.05. The molecule has 2 unspecified atom stereocenters. The van der Waals surface area contributed by atoms with Crippen molar-refractivity contribution in [1.82, 2.24) is 9.97 Å². The standard InChI is InChI=1S/C15H16N2S/c1-15(2)10-5-9-6-13(14-16-3-4-18-14)17-8-11(9)12(15)7-10/h3-4,6,8,10,12H,5,7H2,1-2H3. The second-order valence-electron chi connectivity index (χ2n) is 6.12. The zero-order chi connectivity index (χ0) is 12.3. The lowest BCUT2D eigenvalue weighted by Crippen LogP contribution is -2.48. The van der Waals surface area contributed by atoms with E-state index in [-0.39, 0.29) is 0 Å². The van der Waals surface area contributed by atoms with E-state index in [2.05, 4.69) is 36.1 Å². The molecule has 0 aliphatic heterocycles. The second kappa shape index (κ2) is 3.41. The number of hydrogen-bond donors (Lipinski definition) is 0. The predicted octanol–water partition coefficient (Wildman–Crippen LogP) is 3.89. The summed E-state index contributed by atoms with van der Waals surface area (Å²) in [6, 6.07) is 2.27. The third-order valence-corrected chi connectivity index (χ3v) is 5.78. The number of pyridine rings is 1. The van der Waals surface area contributed by atoms with Crippen LogP contribution in [0.4, 0.5) is 0 Å². The average molecular weight is 256 g/mol. The van der Waals surface area contributed by atoms with Crippen LogP contribution in [0.1, 0.15) is 37.3 Å². The van der Waals surface area contributed by atoms with Gasteiger partial charge in [-0.3, -0.25) is 4.98 Å². The van der Waals surface area contributed by atoms with Gasteiger partial charge in [-0.25, -0.2) is 4.98 Å². The third kappa shape index (κ3) is 1.28. The highest BCUT2D eigenvalue weighted by Gasteiger charge is 2.52. The topological polar surface area (TPSA) is 25.8 Å². The molecule has 0 amide bonds. The minimum absolute atomic E-state index is 0.484. The third-order valence-electron chi connectivity index (χ3n) is 4.99. The van der Waals surface area contributed by atoms with Crippen LogP contribution < -0.4 is 0 Å².